The summed E-state index contributed by atoms with van der Waals surface area (Å²) < 4.78 is 1.01. The Morgan fingerprint density at radius 3 is 2.76 bits per heavy atom. The molecule has 5 rings (SSSR count). The number of ketones is 1. The summed E-state index contributed by atoms with van der Waals surface area (Å²) in [7, 11) is 0. The number of piperidine rings is 1. The number of nitrogens with one attached hydrogen (secondary N) is 2. The Hall–Kier alpha value is -2.61. The number of fused-ring (bicyclic) bond motifs is 2. The molecule has 0 spiro atoms. The van der Waals surface area contributed by atoms with Gasteiger partial charge >= 0.3 is 0 Å². The van der Waals surface area contributed by atoms with E-state index in [4.69, 9.17) is 0 Å². The zero-order valence-corrected chi connectivity index (χ0v) is 17.1. The number of carbonyl (C=O) groups is 2. The fraction of sp³-hybridized carbons (Fsp3) is 0.318. The van der Waals surface area contributed by atoms with Gasteiger partial charge < -0.3 is 0 Å². The monoisotopic (exact) mass is 406 g/mol. The van der Waals surface area contributed by atoms with E-state index in [-0.39, 0.29) is 23.7 Å². The number of anilines is 1. The van der Waals surface area contributed by atoms with E-state index >= 15 is 0 Å². The highest BCUT2D eigenvalue weighted by Crippen LogP contribution is 2.34. The number of thiazole rings is 1. The van der Waals surface area contributed by atoms with Gasteiger partial charge in [0.15, 0.2) is 5.78 Å². The van der Waals surface area contributed by atoms with Gasteiger partial charge in [0, 0.05) is 12.0 Å². The number of rotatable bonds is 3. The lowest BCUT2D eigenvalue weighted by Gasteiger charge is -2.35. The van der Waals surface area contributed by atoms with Gasteiger partial charge in [0.25, 0.3) is 5.91 Å². The Kier molecular flexibility index (Phi) is 4.46. The van der Waals surface area contributed by atoms with Crippen molar-refractivity contribution in [3.63, 3.8) is 0 Å². The summed E-state index contributed by atoms with van der Waals surface area (Å²) in [5.41, 5.74) is 6.32. The first-order chi connectivity index (χ1) is 14.0. The van der Waals surface area contributed by atoms with Crippen LogP contribution in [0.5, 0.6) is 0 Å². The Morgan fingerprint density at radius 2 is 1.97 bits per heavy atom. The normalized spacial score (nSPS) is 26.9. The average molecular weight is 407 g/mol. The van der Waals surface area contributed by atoms with Gasteiger partial charge in [0.1, 0.15) is 5.92 Å². The lowest BCUT2D eigenvalue weighted by molar-refractivity contribution is -0.136. The highest BCUT2D eigenvalue weighted by molar-refractivity contribution is 7.22. The Bertz CT molecular complexity index is 1080. The topological polar surface area (TPSA) is 74.3 Å². The number of aryl methyl sites for hydroxylation is 1. The molecule has 0 saturated carbocycles. The van der Waals surface area contributed by atoms with Gasteiger partial charge in [-0.05, 0) is 38.0 Å². The number of amides is 1. The van der Waals surface area contributed by atoms with Crippen molar-refractivity contribution in [3.8, 4) is 0 Å². The van der Waals surface area contributed by atoms with Crippen molar-refractivity contribution in [2.45, 2.75) is 32.5 Å². The van der Waals surface area contributed by atoms with E-state index in [0.29, 0.717) is 11.6 Å². The highest BCUT2D eigenvalue weighted by Gasteiger charge is 2.52. The van der Waals surface area contributed by atoms with E-state index in [1.54, 1.807) is 0 Å². The van der Waals surface area contributed by atoms with Crippen LogP contribution in [-0.4, -0.2) is 28.9 Å². The predicted octanol–water partition coefficient (Wildman–Crippen LogP) is 2.82. The Balaban J connectivity index is 1.41. The zero-order chi connectivity index (χ0) is 20.1. The maximum Gasteiger partial charge on any atom is 0.257 e. The third-order valence-electron chi connectivity index (χ3n) is 5.82. The largest absolute Gasteiger partial charge is 0.298 e. The maximum atomic E-state index is 13.3. The van der Waals surface area contributed by atoms with E-state index < -0.39 is 12.1 Å². The molecule has 3 heterocycles. The second kappa shape index (κ2) is 7.02. The molecule has 2 saturated heterocycles. The molecular weight excluding hydrogens is 384 g/mol. The van der Waals surface area contributed by atoms with Gasteiger partial charge in [0.05, 0.1) is 16.4 Å². The van der Waals surface area contributed by atoms with Gasteiger partial charge in [-0.2, -0.15) is 0 Å². The van der Waals surface area contributed by atoms with Crippen molar-refractivity contribution in [2.75, 3.05) is 5.01 Å². The Labute approximate surface area is 172 Å². The molecule has 0 bridgehead atoms. The van der Waals surface area contributed by atoms with Gasteiger partial charge in [-0.25, -0.2) is 15.4 Å². The molecule has 4 atom stereocenters. The van der Waals surface area contributed by atoms with Gasteiger partial charge in [-0.3, -0.25) is 14.9 Å². The minimum Gasteiger partial charge on any atom is -0.298 e. The van der Waals surface area contributed by atoms with Crippen molar-refractivity contribution < 1.29 is 9.59 Å². The van der Waals surface area contributed by atoms with Crippen LogP contribution in [0.4, 0.5) is 5.13 Å². The van der Waals surface area contributed by atoms with E-state index in [2.05, 4.69) is 21.8 Å². The van der Waals surface area contributed by atoms with E-state index in [0.717, 1.165) is 15.8 Å². The standard InChI is InChI=1S/C22H22N4O2S/c1-12-6-5-7-14(10-12)11-15-13(2)23-20-18(19(15)27)21(28)26(25-20)22-24-16-8-3-4-9-17(16)29-22/h3-10,13,15,18,20,23,25H,11H2,1-2H3. The number of Topliss-reactive ketones (excluding diaryl/α,β-unsaturated/α-hetero) is 1. The van der Waals surface area contributed by atoms with Crippen LogP contribution in [0.15, 0.2) is 48.5 Å². The molecule has 1 amide bonds. The van der Waals surface area contributed by atoms with Crippen LogP contribution in [0.25, 0.3) is 10.2 Å². The number of nitrogens with zero attached hydrogens (tertiary/aromatic N) is 2. The molecule has 6 nitrogen and oxygen atoms in total. The molecule has 148 valence electrons. The van der Waals surface area contributed by atoms with Gasteiger partial charge in [-0.15, -0.1) is 0 Å². The summed E-state index contributed by atoms with van der Waals surface area (Å²) in [6.07, 6.45) is 0.234. The molecule has 29 heavy (non-hydrogen) atoms. The lowest BCUT2D eigenvalue weighted by atomic mass is 9.78. The fourth-order valence-electron chi connectivity index (χ4n) is 4.33. The van der Waals surface area contributed by atoms with Crippen molar-refractivity contribution in [2.24, 2.45) is 11.8 Å². The van der Waals surface area contributed by atoms with Crippen LogP contribution in [0.1, 0.15) is 18.1 Å². The number of aromatic nitrogens is 1. The fourth-order valence-corrected chi connectivity index (χ4v) is 5.27. The summed E-state index contributed by atoms with van der Waals surface area (Å²) in [6.45, 7) is 4.06. The molecule has 2 aromatic carbocycles. The maximum absolute atomic E-state index is 13.3. The summed E-state index contributed by atoms with van der Waals surface area (Å²) in [5, 5.41) is 5.46. The SMILES string of the molecule is Cc1cccc(CC2C(=O)C3C(=O)N(c4nc5ccccc5s4)NC3NC2C)c1. The molecule has 2 aliphatic heterocycles. The molecule has 2 aliphatic rings. The number of carbonyl (C=O) groups excluding carboxylic acids is 2. The Morgan fingerprint density at radius 1 is 1.14 bits per heavy atom. The van der Waals surface area contributed by atoms with Gasteiger partial charge in [-0.1, -0.05) is 53.3 Å². The first-order valence-corrected chi connectivity index (χ1v) is 10.6. The van der Waals surface area contributed by atoms with E-state index in [1.165, 1.54) is 21.9 Å². The third kappa shape index (κ3) is 3.15. The zero-order valence-electron chi connectivity index (χ0n) is 16.3. The number of para-hydroxylation sites is 1. The van der Waals surface area contributed by atoms with Crippen molar-refractivity contribution >= 4 is 38.4 Å². The molecule has 0 radical (unpaired) electrons. The molecule has 1 aromatic heterocycles. The summed E-state index contributed by atoms with van der Waals surface area (Å²) >= 11 is 1.44. The molecule has 2 N–H and O–H groups in total. The van der Waals surface area contributed by atoms with Crippen molar-refractivity contribution in [3.05, 3.63) is 59.7 Å². The second-order valence-electron chi connectivity index (χ2n) is 7.88. The minimum absolute atomic E-state index is 0.00358. The number of hydrazine groups is 1. The smallest absolute Gasteiger partial charge is 0.257 e. The second-order valence-corrected chi connectivity index (χ2v) is 8.89. The molecule has 3 aromatic rings. The first-order valence-electron chi connectivity index (χ1n) is 9.82. The summed E-state index contributed by atoms with van der Waals surface area (Å²) in [6, 6.07) is 16.0. The first kappa shape index (κ1) is 18.4. The van der Waals surface area contributed by atoms with Gasteiger partial charge in [0.2, 0.25) is 5.13 Å². The van der Waals surface area contributed by atoms with Crippen LogP contribution in [0, 0.1) is 18.8 Å². The average Bonchev–Trinajstić information content (AvgIpc) is 3.26. The molecule has 2 fully saturated rings. The van der Waals surface area contributed by atoms with Crippen LogP contribution in [0.3, 0.4) is 0 Å². The molecule has 7 heteroatoms. The van der Waals surface area contributed by atoms with Crippen molar-refractivity contribution in [1.82, 2.24) is 15.7 Å². The third-order valence-corrected chi connectivity index (χ3v) is 6.84. The summed E-state index contributed by atoms with van der Waals surface area (Å²) in [5.74, 6) is -1.19. The number of hydrogen-bond donors (Lipinski definition) is 2. The quantitative estimate of drug-likeness (QED) is 0.655. The lowest BCUT2D eigenvalue weighted by Crippen LogP contribution is -2.59. The highest BCUT2D eigenvalue weighted by atomic mass is 32.1. The molecule has 4 unspecified atom stereocenters. The minimum atomic E-state index is -0.729. The van der Waals surface area contributed by atoms with Crippen molar-refractivity contribution in [1.29, 1.82) is 0 Å². The molecule has 0 aliphatic carbocycles. The van der Waals surface area contributed by atoms with Crippen LogP contribution in [0.2, 0.25) is 0 Å². The number of benzene rings is 2. The number of hydrogen-bond acceptors (Lipinski definition) is 6. The van der Waals surface area contributed by atoms with Crippen LogP contribution >= 0.6 is 11.3 Å². The van der Waals surface area contributed by atoms with E-state index in [1.807, 2.05) is 56.3 Å². The van der Waals surface area contributed by atoms with Crippen LogP contribution < -0.4 is 15.8 Å². The predicted molar refractivity (Wildman–Crippen MR) is 113 cm³/mol. The van der Waals surface area contributed by atoms with Crippen LogP contribution in [-0.2, 0) is 16.0 Å². The summed E-state index contributed by atoms with van der Waals surface area (Å²) in [4.78, 5) is 31.0. The van der Waals surface area contributed by atoms with E-state index in [9.17, 15) is 9.59 Å². The molecular formula is C22H22N4O2S.